The van der Waals surface area contributed by atoms with Crippen LogP contribution >= 0.6 is 11.3 Å². The van der Waals surface area contributed by atoms with Crippen LogP contribution in [0.15, 0.2) is 10.8 Å². The first-order valence-corrected chi connectivity index (χ1v) is 3.94. The van der Waals surface area contributed by atoms with Crippen molar-refractivity contribution in [2.45, 2.75) is 19.9 Å². The zero-order chi connectivity index (χ0) is 6.85. The van der Waals surface area contributed by atoms with E-state index in [4.69, 9.17) is 5.73 Å². The first-order chi connectivity index (χ1) is 4.22. The fraction of sp³-hybridized carbons (Fsp3) is 0.429. The molecule has 0 saturated heterocycles. The SMILES string of the molecule is Cc1cscc1[C@@H](C)N. The molecule has 1 nitrogen and oxygen atoms in total. The van der Waals surface area contributed by atoms with E-state index in [2.05, 4.69) is 17.7 Å². The second-order valence-corrected chi connectivity index (χ2v) is 3.04. The molecule has 0 fully saturated rings. The van der Waals surface area contributed by atoms with E-state index >= 15 is 0 Å². The van der Waals surface area contributed by atoms with Crippen LogP contribution in [0.3, 0.4) is 0 Å². The van der Waals surface area contributed by atoms with Crippen molar-refractivity contribution in [1.29, 1.82) is 0 Å². The highest BCUT2D eigenvalue weighted by Gasteiger charge is 2.01. The van der Waals surface area contributed by atoms with Crippen LogP contribution in [0.5, 0.6) is 0 Å². The highest BCUT2D eigenvalue weighted by molar-refractivity contribution is 7.08. The molecule has 1 rings (SSSR count). The highest BCUT2D eigenvalue weighted by Crippen LogP contribution is 2.18. The summed E-state index contributed by atoms with van der Waals surface area (Å²) in [5.74, 6) is 0. The van der Waals surface area contributed by atoms with Crippen molar-refractivity contribution < 1.29 is 0 Å². The van der Waals surface area contributed by atoms with E-state index in [1.165, 1.54) is 11.1 Å². The van der Waals surface area contributed by atoms with Crippen LogP contribution in [0.25, 0.3) is 0 Å². The summed E-state index contributed by atoms with van der Waals surface area (Å²) >= 11 is 1.71. The Morgan fingerprint density at radius 2 is 2.22 bits per heavy atom. The lowest BCUT2D eigenvalue weighted by Crippen LogP contribution is -2.04. The third-order valence-electron chi connectivity index (χ3n) is 1.39. The maximum atomic E-state index is 5.67. The van der Waals surface area contributed by atoms with Crippen molar-refractivity contribution >= 4 is 11.3 Å². The number of hydrogen-bond acceptors (Lipinski definition) is 2. The second-order valence-electron chi connectivity index (χ2n) is 2.30. The minimum Gasteiger partial charge on any atom is -0.324 e. The maximum Gasteiger partial charge on any atom is 0.0277 e. The average molecular weight is 141 g/mol. The summed E-state index contributed by atoms with van der Waals surface area (Å²) in [5.41, 5.74) is 8.26. The van der Waals surface area contributed by atoms with Gasteiger partial charge in [-0.1, -0.05) is 0 Å². The van der Waals surface area contributed by atoms with Crippen molar-refractivity contribution in [3.63, 3.8) is 0 Å². The van der Waals surface area contributed by atoms with Crippen molar-refractivity contribution in [2.75, 3.05) is 0 Å². The summed E-state index contributed by atoms with van der Waals surface area (Å²) in [7, 11) is 0. The summed E-state index contributed by atoms with van der Waals surface area (Å²) < 4.78 is 0. The summed E-state index contributed by atoms with van der Waals surface area (Å²) in [6.07, 6.45) is 0. The number of aryl methyl sites for hydroxylation is 1. The molecule has 0 aliphatic heterocycles. The molecule has 2 N–H and O–H groups in total. The van der Waals surface area contributed by atoms with Crippen LogP contribution in [0, 0.1) is 6.92 Å². The Balaban J connectivity index is 2.94. The second kappa shape index (κ2) is 2.50. The zero-order valence-corrected chi connectivity index (χ0v) is 6.53. The van der Waals surface area contributed by atoms with E-state index in [9.17, 15) is 0 Å². The van der Waals surface area contributed by atoms with E-state index in [-0.39, 0.29) is 6.04 Å². The number of nitrogens with two attached hydrogens (primary N) is 1. The Morgan fingerprint density at radius 1 is 1.56 bits per heavy atom. The molecular formula is C7H11NS. The molecule has 9 heavy (non-hydrogen) atoms. The van der Waals surface area contributed by atoms with Crippen LogP contribution in [0.1, 0.15) is 24.1 Å². The molecular weight excluding hydrogens is 130 g/mol. The van der Waals surface area contributed by atoms with E-state index in [1.807, 2.05) is 6.92 Å². The van der Waals surface area contributed by atoms with Crippen molar-refractivity contribution in [1.82, 2.24) is 0 Å². The molecule has 1 heterocycles. The van der Waals surface area contributed by atoms with Gasteiger partial charge in [-0.25, -0.2) is 0 Å². The summed E-state index contributed by atoms with van der Waals surface area (Å²) in [4.78, 5) is 0. The molecule has 0 saturated carbocycles. The van der Waals surface area contributed by atoms with Gasteiger partial charge in [0.2, 0.25) is 0 Å². The topological polar surface area (TPSA) is 26.0 Å². The van der Waals surface area contributed by atoms with E-state index in [0.717, 1.165) is 0 Å². The smallest absolute Gasteiger partial charge is 0.0277 e. The summed E-state index contributed by atoms with van der Waals surface area (Å²) in [6.45, 7) is 4.10. The summed E-state index contributed by atoms with van der Waals surface area (Å²) in [6, 6.07) is 0.191. The Kier molecular flexibility index (Phi) is 1.88. The minimum atomic E-state index is 0.191. The first kappa shape index (κ1) is 6.78. The zero-order valence-electron chi connectivity index (χ0n) is 5.72. The highest BCUT2D eigenvalue weighted by atomic mass is 32.1. The van der Waals surface area contributed by atoms with Crippen LogP contribution in [0.4, 0.5) is 0 Å². The maximum absolute atomic E-state index is 5.67. The molecule has 0 spiro atoms. The van der Waals surface area contributed by atoms with Gasteiger partial charge in [0, 0.05) is 6.04 Å². The molecule has 0 aliphatic rings. The lowest BCUT2D eigenvalue weighted by atomic mass is 10.1. The summed E-state index contributed by atoms with van der Waals surface area (Å²) in [5, 5.41) is 4.23. The lowest BCUT2D eigenvalue weighted by Gasteiger charge is -2.01. The van der Waals surface area contributed by atoms with Gasteiger partial charge in [-0.2, -0.15) is 11.3 Å². The van der Waals surface area contributed by atoms with Gasteiger partial charge in [0.25, 0.3) is 0 Å². The number of hydrogen-bond donors (Lipinski definition) is 1. The Hall–Kier alpha value is -0.340. The first-order valence-electron chi connectivity index (χ1n) is 3.00. The molecule has 1 atom stereocenters. The molecule has 1 aromatic rings. The van der Waals surface area contributed by atoms with Crippen LogP contribution < -0.4 is 5.73 Å². The molecule has 0 bridgehead atoms. The average Bonchev–Trinajstić information content (AvgIpc) is 2.13. The Labute approximate surface area is 59.5 Å². The van der Waals surface area contributed by atoms with Gasteiger partial charge in [0.1, 0.15) is 0 Å². The van der Waals surface area contributed by atoms with Crippen molar-refractivity contribution in [3.8, 4) is 0 Å². The molecule has 2 heteroatoms. The van der Waals surface area contributed by atoms with E-state index < -0.39 is 0 Å². The minimum absolute atomic E-state index is 0.191. The lowest BCUT2D eigenvalue weighted by molar-refractivity contribution is 0.815. The Bertz CT molecular complexity index is 191. The fourth-order valence-electron chi connectivity index (χ4n) is 0.837. The van der Waals surface area contributed by atoms with Gasteiger partial charge in [0.15, 0.2) is 0 Å². The predicted octanol–water partition coefficient (Wildman–Crippen LogP) is 2.08. The van der Waals surface area contributed by atoms with Gasteiger partial charge in [0.05, 0.1) is 0 Å². The van der Waals surface area contributed by atoms with Crippen LogP contribution in [0.2, 0.25) is 0 Å². The van der Waals surface area contributed by atoms with Gasteiger partial charge in [-0.15, -0.1) is 0 Å². The molecule has 0 aliphatic carbocycles. The molecule has 0 radical (unpaired) electrons. The van der Waals surface area contributed by atoms with Crippen LogP contribution in [-0.2, 0) is 0 Å². The molecule has 0 amide bonds. The quantitative estimate of drug-likeness (QED) is 0.636. The van der Waals surface area contributed by atoms with Gasteiger partial charge in [-0.3, -0.25) is 0 Å². The van der Waals surface area contributed by atoms with Gasteiger partial charge in [-0.05, 0) is 35.7 Å². The van der Waals surface area contributed by atoms with Crippen molar-refractivity contribution in [3.05, 3.63) is 21.9 Å². The fourth-order valence-corrected chi connectivity index (χ4v) is 1.79. The van der Waals surface area contributed by atoms with Gasteiger partial charge < -0.3 is 5.73 Å². The predicted molar refractivity (Wildman–Crippen MR) is 41.7 cm³/mol. The van der Waals surface area contributed by atoms with Gasteiger partial charge >= 0.3 is 0 Å². The monoisotopic (exact) mass is 141 g/mol. The third-order valence-corrected chi connectivity index (χ3v) is 2.27. The molecule has 0 aromatic carbocycles. The van der Waals surface area contributed by atoms with E-state index in [1.54, 1.807) is 11.3 Å². The van der Waals surface area contributed by atoms with E-state index in [0.29, 0.717) is 0 Å². The van der Waals surface area contributed by atoms with Crippen LogP contribution in [-0.4, -0.2) is 0 Å². The van der Waals surface area contributed by atoms with Crippen molar-refractivity contribution in [2.24, 2.45) is 5.73 Å². The molecule has 50 valence electrons. The Morgan fingerprint density at radius 3 is 2.44 bits per heavy atom. The molecule has 0 unspecified atom stereocenters. The standard InChI is InChI=1S/C7H11NS/c1-5-3-9-4-7(5)6(2)8/h3-4,6H,8H2,1-2H3/t6-/m1/s1. The third kappa shape index (κ3) is 1.32. The largest absolute Gasteiger partial charge is 0.324 e. The normalized spacial score (nSPS) is 13.7. The number of thiophene rings is 1. The number of rotatable bonds is 1. The molecule has 1 aromatic heterocycles.